The summed E-state index contributed by atoms with van der Waals surface area (Å²) < 4.78 is 0. The number of anilines is 3. The molecule has 0 unspecified atom stereocenters. The molecule has 1 aromatic carbocycles. The Balaban J connectivity index is 1.29. The van der Waals surface area contributed by atoms with Gasteiger partial charge in [-0.15, -0.1) is 11.3 Å². The minimum Gasteiger partial charge on any atom is -0.357 e. The van der Waals surface area contributed by atoms with E-state index in [9.17, 15) is 9.59 Å². The molecule has 0 radical (unpaired) electrons. The summed E-state index contributed by atoms with van der Waals surface area (Å²) in [6.07, 6.45) is 3.84. The zero-order valence-corrected chi connectivity index (χ0v) is 19.8. The highest BCUT2D eigenvalue weighted by Crippen LogP contribution is 2.24. The number of carbonyl (C=O) groups is 2. The molecule has 1 fully saturated rings. The van der Waals surface area contributed by atoms with E-state index in [1.54, 1.807) is 6.20 Å². The Morgan fingerprint density at radius 1 is 1.09 bits per heavy atom. The fourth-order valence-corrected chi connectivity index (χ4v) is 4.72. The predicted octanol–water partition coefficient (Wildman–Crippen LogP) is 4.45. The van der Waals surface area contributed by atoms with Crippen LogP contribution in [0.5, 0.6) is 0 Å². The van der Waals surface area contributed by atoms with Gasteiger partial charge in [-0.1, -0.05) is 18.2 Å². The van der Waals surface area contributed by atoms with E-state index in [0.717, 1.165) is 49.7 Å². The number of aromatic nitrogens is 1. The molecule has 8 heteroatoms. The van der Waals surface area contributed by atoms with Gasteiger partial charge in [-0.2, -0.15) is 0 Å². The van der Waals surface area contributed by atoms with E-state index in [4.69, 9.17) is 0 Å². The maximum absolute atomic E-state index is 12.4. The fourth-order valence-electron chi connectivity index (χ4n) is 4.10. The van der Waals surface area contributed by atoms with Gasteiger partial charge in [0.15, 0.2) is 0 Å². The van der Waals surface area contributed by atoms with Crippen molar-refractivity contribution < 1.29 is 9.59 Å². The molecule has 3 aromatic rings. The average Bonchev–Trinajstić information content (AvgIpc) is 3.36. The fraction of sp³-hybridized carbons (Fsp3) is 0.320. The van der Waals surface area contributed by atoms with Gasteiger partial charge in [-0.25, -0.2) is 4.98 Å². The van der Waals surface area contributed by atoms with Gasteiger partial charge in [0, 0.05) is 63.3 Å². The average molecular weight is 464 g/mol. The smallest absolute Gasteiger partial charge is 0.265 e. The van der Waals surface area contributed by atoms with E-state index in [1.807, 2.05) is 41.8 Å². The van der Waals surface area contributed by atoms with Crippen LogP contribution in [0.4, 0.5) is 17.2 Å². The minimum absolute atomic E-state index is 0.0566. The first-order chi connectivity index (χ1) is 16.0. The molecule has 4 rings (SSSR count). The van der Waals surface area contributed by atoms with E-state index < -0.39 is 0 Å². The largest absolute Gasteiger partial charge is 0.357 e. The van der Waals surface area contributed by atoms with Gasteiger partial charge in [0.05, 0.1) is 4.88 Å². The molecule has 2 aromatic heterocycles. The van der Waals surface area contributed by atoms with Gasteiger partial charge in [-0.05, 0) is 48.1 Å². The van der Waals surface area contributed by atoms with E-state index >= 15 is 0 Å². The highest BCUT2D eigenvalue weighted by atomic mass is 32.1. The van der Waals surface area contributed by atoms with Crippen LogP contribution in [0.2, 0.25) is 0 Å². The molecule has 3 heterocycles. The molecule has 1 aliphatic rings. The lowest BCUT2D eigenvalue weighted by Gasteiger charge is -2.37. The summed E-state index contributed by atoms with van der Waals surface area (Å²) in [6, 6.07) is 15.9. The van der Waals surface area contributed by atoms with Crippen molar-refractivity contribution in [3.05, 3.63) is 70.5 Å². The van der Waals surface area contributed by atoms with Crippen molar-refractivity contribution in [2.45, 2.75) is 32.4 Å². The second-order valence-corrected chi connectivity index (χ2v) is 9.28. The van der Waals surface area contributed by atoms with Crippen molar-refractivity contribution in [2.24, 2.45) is 0 Å². The first kappa shape index (κ1) is 22.9. The number of hydrogen-bond donors (Lipinski definition) is 2. The lowest BCUT2D eigenvalue weighted by Crippen LogP contribution is -2.43. The van der Waals surface area contributed by atoms with Gasteiger partial charge in [-0.3, -0.25) is 14.5 Å². The number of carbonyl (C=O) groups excluding carboxylic acids is 2. The van der Waals surface area contributed by atoms with Gasteiger partial charge in [0.25, 0.3) is 5.91 Å². The Hall–Kier alpha value is -3.23. The number of pyridine rings is 1. The lowest BCUT2D eigenvalue weighted by atomic mass is 10.0. The predicted molar refractivity (Wildman–Crippen MR) is 134 cm³/mol. The maximum Gasteiger partial charge on any atom is 0.265 e. The van der Waals surface area contributed by atoms with Crippen LogP contribution in [0.25, 0.3) is 0 Å². The van der Waals surface area contributed by atoms with Gasteiger partial charge in [0.2, 0.25) is 5.91 Å². The molecule has 1 saturated heterocycles. The molecule has 1 aliphatic heterocycles. The van der Waals surface area contributed by atoms with E-state index in [-0.39, 0.29) is 11.8 Å². The number of nitrogens with zero attached hydrogens (tertiary/aromatic N) is 3. The summed E-state index contributed by atoms with van der Waals surface area (Å²) in [5.41, 5.74) is 2.82. The van der Waals surface area contributed by atoms with Crippen LogP contribution < -0.4 is 15.5 Å². The molecule has 7 nitrogen and oxygen atoms in total. The number of nitrogens with one attached hydrogen (secondary N) is 2. The Morgan fingerprint density at radius 3 is 2.52 bits per heavy atom. The van der Waals surface area contributed by atoms with Crippen LogP contribution in [-0.4, -0.2) is 47.9 Å². The second kappa shape index (κ2) is 10.6. The summed E-state index contributed by atoms with van der Waals surface area (Å²) in [5.74, 6) is 0.716. The quantitative estimate of drug-likeness (QED) is 0.541. The number of benzene rings is 1. The Morgan fingerprint density at radius 2 is 1.85 bits per heavy atom. The van der Waals surface area contributed by atoms with Crippen molar-refractivity contribution in [3.63, 3.8) is 0 Å². The first-order valence-electron chi connectivity index (χ1n) is 11.1. The summed E-state index contributed by atoms with van der Waals surface area (Å²) in [6.45, 7) is 4.44. The van der Waals surface area contributed by atoms with Gasteiger partial charge in [0.1, 0.15) is 5.82 Å². The van der Waals surface area contributed by atoms with Crippen molar-refractivity contribution in [3.8, 4) is 0 Å². The Labute approximate surface area is 198 Å². The van der Waals surface area contributed by atoms with E-state index in [2.05, 4.69) is 44.6 Å². The molecule has 0 bridgehead atoms. The van der Waals surface area contributed by atoms with Crippen LogP contribution >= 0.6 is 11.3 Å². The SMILES string of the molecule is CC(=O)Nc1ccc(CN2CCC(N(C)c3cc(NC(=O)c4cccs4)ccn3)CC2)cc1. The molecule has 2 amide bonds. The molecule has 33 heavy (non-hydrogen) atoms. The third-order valence-corrected chi connectivity index (χ3v) is 6.76. The molecular formula is C25H29N5O2S. The second-order valence-electron chi connectivity index (χ2n) is 8.33. The van der Waals surface area contributed by atoms with Crippen molar-refractivity contribution in [1.29, 1.82) is 0 Å². The normalized spacial score (nSPS) is 14.6. The molecule has 0 spiro atoms. The number of hydrogen-bond acceptors (Lipinski definition) is 6. The summed E-state index contributed by atoms with van der Waals surface area (Å²) >= 11 is 1.43. The topological polar surface area (TPSA) is 77.6 Å². The van der Waals surface area contributed by atoms with Crippen LogP contribution in [0.1, 0.15) is 35.0 Å². The maximum atomic E-state index is 12.4. The lowest BCUT2D eigenvalue weighted by molar-refractivity contribution is -0.114. The number of amides is 2. The third-order valence-electron chi connectivity index (χ3n) is 5.90. The van der Waals surface area contributed by atoms with Crippen LogP contribution in [0.3, 0.4) is 0 Å². The van der Waals surface area contributed by atoms with Gasteiger partial charge >= 0.3 is 0 Å². The summed E-state index contributed by atoms with van der Waals surface area (Å²) in [4.78, 5) is 33.4. The number of rotatable bonds is 7. The molecule has 172 valence electrons. The molecular weight excluding hydrogens is 434 g/mol. The van der Waals surface area contributed by atoms with Crippen LogP contribution in [-0.2, 0) is 11.3 Å². The van der Waals surface area contributed by atoms with Crippen LogP contribution in [0, 0.1) is 0 Å². The monoisotopic (exact) mass is 463 g/mol. The Kier molecular flexibility index (Phi) is 7.36. The number of likely N-dealkylation sites (tertiary alicyclic amines) is 1. The molecule has 0 atom stereocenters. The number of thiophene rings is 1. The zero-order chi connectivity index (χ0) is 23.2. The molecule has 2 N–H and O–H groups in total. The van der Waals surface area contributed by atoms with Crippen LogP contribution in [0.15, 0.2) is 60.1 Å². The number of piperidine rings is 1. The minimum atomic E-state index is -0.0942. The summed E-state index contributed by atoms with van der Waals surface area (Å²) in [7, 11) is 2.08. The van der Waals surface area contributed by atoms with Gasteiger partial charge < -0.3 is 15.5 Å². The highest BCUT2D eigenvalue weighted by molar-refractivity contribution is 7.12. The Bertz CT molecular complexity index is 1080. The molecule has 0 aliphatic carbocycles. The van der Waals surface area contributed by atoms with E-state index in [0.29, 0.717) is 10.9 Å². The highest BCUT2D eigenvalue weighted by Gasteiger charge is 2.23. The standard InChI is InChI=1S/C25H29N5O2S/c1-18(31)27-20-7-5-19(6-8-20)17-30-13-10-22(11-14-30)29(2)24-16-21(9-12-26-24)28-25(32)23-4-3-15-33-23/h3-9,12,15-16,22H,10-11,13-14,17H2,1-2H3,(H,27,31)(H,26,28,32). The van der Waals surface area contributed by atoms with Crippen molar-refractivity contribution in [2.75, 3.05) is 35.7 Å². The molecule has 0 saturated carbocycles. The first-order valence-corrected chi connectivity index (χ1v) is 12.0. The third kappa shape index (κ3) is 6.18. The summed E-state index contributed by atoms with van der Waals surface area (Å²) in [5, 5.41) is 7.67. The van der Waals surface area contributed by atoms with Crippen molar-refractivity contribution in [1.82, 2.24) is 9.88 Å². The zero-order valence-electron chi connectivity index (χ0n) is 19.0. The van der Waals surface area contributed by atoms with Crippen molar-refractivity contribution >= 4 is 40.3 Å². The van der Waals surface area contributed by atoms with E-state index in [1.165, 1.54) is 23.8 Å².